The molecule has 1 aromatic heterocycles. The summed E-state index contributed by atoms with van der Waals surface area (Å²) in [5, 5.41) is 4.62. The quantitative estimate of drug-likeness (QED) is 0.142. The zero-order valence-electron chi connectivity index (χ0n) is 20.3. The van der Waals surface area contributed by atoms with Crippen LogP contribution in [-0.2, 0) is 25.4 Å². The minimum atomic E-state index is -3.63. The van der Waals surface area contributed by atoms with Crippen LogP contribution in [-0.4, -0.2) is 84.9 Å². The minimum absolute atomic E-state index is 0.0404. The van der Waals surface area contributed by atoms with Crippen molar-refractivity contribution in [2.24, 2.45) is 16.5 Å². The van der Waals surface area contributed by atoms with Crippen LogP contribution in [0.2, 0.25) is 0 Å². The predicted molar refractivity (Wildman–Crippen MR) is 140 cm³/mol. The number of sulfonamides is 1. The van der Waals surface area contributed by atoms with Crippen LogP contribution in [0.1, 0.15) is 34.6 Å². The number of hydrogen-bond donors (Lipinski definition) is 3. The fraction of sp³-hybridized carbons (Fsp3) is 0.435. The van der Waals surface area contributed by atoms with Crippen LogP contribution in [0.15, 0.2) is 46.9 Å². The third-order valence-corrected chi connectivity index (χ3v) is 8.34. The zero-order valence-corrected chi connectivity index (χ0v) is 21.9. The molecule has 200 valence electrons. The number of rotatable bonds is 12. The molecule has 14 heteroatoms. The van der Waals surface area contributed by atoms with Gasteiger partial charge >= 0.3 is 0 Å². The number of aliphatic imine (C=N–C) groups is 1. The summed E-state index contributed by atoms with van der Waals surface area (Å²) in [6, 6.07) is 7.95. The lowest BCUT2D eigenvalue weighted by atomic mass is 10.1. The number of nitrogens with one attached hydrogen (secondary N) is 1. The maximum absolute atomic E-state index is 12.9. The highest BCUT2D eigenvalue weighted by atomic mass is 32.2. The van der Waals surface area contributed by atoms with Crippen LogP contribution in [0.4, 0.5) is 0 Å². The van der Waals surface area contributed by atoms with Gasteiger partial charge in [-0.2, -0.15) is 4.31 Å². The van der Waals surface area contributed by atoms with Crippen molar-refractivity contribution in [2.45, 2.75) is 31.1 Å². The summed E-state index contributed by atoms with van der Waals surface area (Å²) < 4.78 is 27.1. The summed E-state index contributed by atoms with van der Waals surface area (Å²) in [6.07, 6.45) is 2.18. The molecular formula is C23H31N7O5S2. The van der Waals surface area contributed by atoms with Crippen molar-refractivity contribution < 1.29 is 22.8 Å². The highest BCUT2D eigenvalue weighted by Crippen LogP contribution is 2.15. The Morgan fingerprint density at radius 2 is 1.92 bits per heavy atom. The molecule has 2 amide bonds. The Labute approximate surface area is 219 Å². The van der Waals surface area contributed by atoms with E-state index in [4.69, 9.17) is 11.5 Å². The van der Waals surface area contributed by atoms with E-state index < -0.39 is 22.0 Å². The van der Waals surface area contributed by atoms with Crippen molar-refractivity contribution in [3.05, 3.63) is 52.5 Å². The molecule has 0 bridgehead atoms. The molecular weight excluding hydrogens is 518 g/mol. The monoisotopic (exact) mass is 549 g/mol. The van der Waals surface area contributed by atoms with Crippen molar-refractivity contribution in [2.75, 3.05) is 32.7 Å². The molecule has 1 saturated heterocycles. The molecule has 0 aliphatic carbocycles. The lowest BCUT2D eigenvalue weighted by molar-refractivity contribution is -0.135. The van der Waals surface area contributed by atoms with E-state index in [1.165, 1.54) is 26.7 Å². The van der Waals surface area contributed by atoms with Crippen LogP contribution < -0.4 is 16.8 Å². The van der Waals surface area contributed by atoms with Gasteiger partial charge in [-0.25, -0.2) is 13.4 Å². The average Bonchev–Trinajstić information content (AvgIpc) is 3.33. The lowest BCUT2D eigenvalue weighted by Crippen LogP contribution is -2.47. The van der Waals surface area contributed by atoms with Gasteiger partial charge in [0.2, 0.25) is 27.6 Å². The predicted octanol–water partition coefficient (Wildman–Crippen LogP) is -0.0715. The van der Waals surface area contributed by atoms with Crippen LogP contribution in [0.25, 0.3) is 0 Å². The van der Waals surface area contributed by atoms with Crippen LogP contribution >= 0.6 is 11.3 Å². The fourth-order valence-corrected chi connectivity index (χ4v) is 6.00. The van der Waals surface area contributed by atoms with Gasteiger partial charge in [-0.05, 0) is 18.4 Å². The second-order valence-corrected chi connectivity index (χ2v) is 11.3. The molecule has 2 heterocycles. The third kappa shape index (κ3) is 8.61. The van der Waals surface area contributed by atoms with E-state index >= 15 is 0 Å². The number of amides is 2. The topological polar surface area (TPSA) is 181 Å². The number of thiazole rings is 1. The maximum atomic E-state index is 12.9. The van der Waals surface area contributed by atoms with Gasteiger partial charge in [-0.3, -0.25) is 19.4 Å². The van der Waals surface area contributed by atoms with Crippen molar-refractivity contribution in [1.82, 2.24) is 19.5 Å². The van der Waals surface area contributed by atoms with E-state index in [1.54, 1.807) is 29.6 Å². The van der Waals surface area contributed by atoms with Crippen LogP contribution in [0.5, 0.6) is 0 Å². The Kier molecular flexibility index (Phi) is 10.1. The van der Waals surface area contributed by atoms with Crippen LogP contribution in [0.3, 0.4) is 0 Å². The van der Waals surface area contributed by atoms with Gasteiger partial charge in [0.25, 0.3) is 0 Å². The van der Waals surface area contributed by atoms with E-state index in [2.05, 4.69) is 15.3 Å². The largest absolute Gasteiger partial charge is 0.370 e. The second-order valence-electron chi connectivity index (χ2n) is 8.48. The zero-order chi connectivity index (χ0) is 26.8. The molecule has 1 aromatic carbocycles. The number of benzene rings is 1. The standard InChI is InChI=1S/C23H31N7O5S2/c24-23(25)27-9-4-7-18(21(33)22-26-10-14-36-22)28-19(31)15-29-12-13-30(11-8-20(29)32)37(34,35)16-17-5-2-1-3-6-17/h1-3,5-6,10,14,18H,4,7-9,11-13,15-16H2,(H,28,31)(H4,24,25,27)/t18-/m1/s1. The average molecular weight is 550 g/mol. The molecule has 0 spiro atoms. The molecule has 5 N–H and O–H groups in total. The highest BCUT2D eigenvalue weighted by Gasteiger charge is 2.30. The summed E-state index contributed by atoms with van der Waals surface area (Å²) in [4.78, 5) is 47.6. The Balaban J connectivity index is 1.60. The molecule has 1 aliphatic rings. The van der Waals surface area contributed by atoms with E-state index in [9.17, 15) is 22.8 Å². The molecule has 1 aliphatic heterocycles. The first kappa shape index (κ1) is 28.2. The normalized spacial score (nSPS) is 15.6. The molecule has 0 unspecified atom stereocenters. The van der Waals surface area contributed by atoms with Gasteiger partial charge < -0.3 is 21.7 Å². The van der Waals surface area contributed by atoms with Crippen molar-refractivity contribution in [1.29, 1.82) is 0 Å². The first-order valence-electron chi connectivity index (χ1n) is 11.7. The Morgan fingerprint density at radius 1 is 1.16 bits per heavy atom. The maximum Gasteiger partial charge on any atom is 0.240 e. The van der Waals surface area contributed by atoms with E-state index in [0.29, 0.717) is 12.0 Å². The smallest absolute Gasteiger partial charge is 0.240 e. The number of Topliss-reactive ketones (excluding diaryl/α,β-unsaturated/α-hetero) is 1. The van der Waals surface area contributed by atoms with Crippen molar-refractivity contribution in [3.63, 3.8) is 0 Å². The molecule has 12 nitrogen and oxygen atoms in total. The number of ketones is 1. The van der Waals surface area contributed by atoms with Gasteiger partial charge in [0.1, 0.15) is 0 Å². The first-order chi connectivity index (χ1) is 17.7. The molecule has 0 radical (unpaired) electrons. The highest BCUT2D eigenvalue weighted by molar-refractivity contribution is 7.88. The number of guanidine groups is 1. The summed E-state index contributed by atoms with van der Waals surface area (Å²) in [5.74, 6) is -1.42. The minimum Gasteiger partial charge on any atom is -0.370 e. The van der Waals surface area contributed by atoms with Gasteiger partial charge in [-0.1, -0.05) is 30.3 Å². The molecule has 1 atom stereocenters. The van der Waals surface area contributed by atoms with E-state index in [1.807, 2.05) is 6.07 Å². The number of hydrogen-bond acceptors (Lipinski definition) is 8. The third-order valence-electron chi connectivity index (χ3n) is 5.71. The number of aromatic nitrogens is 1. The second kappa shape index (κ2) is 13.3. The molecule has 1 fully saturated rings. The van der Waals surface area contributed by atoms with Gasteiger partial charge in [-0.15, -0.1) is 11.3 Å². The summed E-state index contributed by atoms with van der Waals surface area (Å²) >= 11 is 1.17. The summed E-state index contributed by atoms with van der Waals surface area (Å²) in [6.45, 7) is 0.185. The fourth-order valence-electron chi connectivity index (χ4n) is 3.85. The number of nitrogens with two attached hydrogens (primary N) is 2. The Bertz CT molecular complexity index is 1200. The molecule has 3 rings (SSSR count). The first-order valence-corrected chi connectivity index (χ1v) is 14.2. The summed E-state index contributed by atoms with van der Waals surface area (Å²) in [5.41, 5.74) is 11.3. The van der Waals surface area contributed by atoms with E-state index in [0.717, 1.165) is 0 Å². The Hall–Kier alpha value is -3.36. The van der Waals surface area contributed by atoms with Crippen molar-refractivity contribution in [3.8, 4) is 0 Å². The lowest BCUT2D eigenvalue weighted by Gasteiger charge is -2.23. The summed E-state index contributed by atoms with van der Waals surface area (Å²) in [7, 11) is -3.63. The number of carbonyl (C=O) groups is 3. The van der Waals surface area contributed by atoms with Gasteiger partial charge in [0.15, 0.2) is 11.0 Å². The van der Waals surface area contributed by atoms with Crippen molar-refractivity contribution >= 4 is 44.9 Å². The number of carbonyl (C=O) groups excluding carboxylic acids is 3. The number of nitrogens with zero attached hydrogens (tertiary/aromatic N) is 4. The Morgan fingerprint density at radius 3 is 2.59 bits per heavy atom. The van der Waals surface area contributed by atoms with Gasteiger partial charge in [0, 0.05) is 44.2 Å². The SMILES string of the molecule is NC(N)=NCCC[C@@H](NC(=O)CN1CCN(S(=O)(=O)Cc2ccccc2)CCC1=O)C(=O)c1nccs1. The molecule has 37 heavy (non-hydrogen) atoms. The van der Waals surface area contributed by atoms with E-state index in [-0.39, 0.29) is 74.0 Å². The van der Waals surface area contributed by atoms with Gasteiger partial charge in [0.05, 0.1) is 18.3 Å². The van der Waals surface area contributed by atoms with Crippen LogP contribution in [0, 0.1) is 0 Å². The molecule has 2 aromatic rings. The molecule has 0 saturated carbocycles.